The lowest BCUT2D eigenvalue weighted by atomic mass is 10.0. The van der Waals surface area contributed by atoms with E-state index in [0.717, 1.165) is 16.6 Å². The summed E-state index contributed by atoms with van der Waals surface area (Å²) in [5.41, 5.74) is 1.14. The van der Waals surface area contributed by atoms with E-state index >= 15 is 0 Å². The molecule has 0 saturated heterocycles. The molecule has 2 heterocycles. The van der Waals surface area contributed by atoms with Crippen molar-refractivity contribution in [1.29, 1.82) is 0 Å². The fraction of sp³-hybridized carbons (Fsp3) is 0.263. The largest absolute Gasteiger partial charge is 0.474 e. The zero-order chi connectivity index (χ0) is 18.6. The standard InChI is InChI=1S/C19H21ClN4O2/c1-3-19(2,12-26-17-14(20)6-5-10-22-17)24-18(25)23-16-8-4-7-15-13(16)9-11-21-15/h4-11,21H,3,12H2,1-2H3,(H2,23,24,25)/t19-/m1/s1. The lowest BCUT2D eigenvalue weighted by molar-refractivity contribution is 0.183. The highest BCUT2D eigenvalue weighted by molar-refractivity contribution is 6.31. The summed E-state index contributed by atoms with van der Waals surface area (Å²) in [6, 6.07) is 10.8. The number of halogens is 1. The van der Waals surface area contributed by atoms with E-state index in [0.29, 0.717) is 17.3 Å². The van der Waals surface area contributed by atoms with E-state index in [4.69, 9.17) is 16.3 Å². The Labute approximate surface area is 156 Å². The number of carbonyl (C=O) groups is 1. The Bertz CT molecular complexity index is 911. The first-order valence-corrected chi connectivity index (χ1v) is 8.77. The maximum atomic E-state index is 12.5. The van der Waals surface area contributed by atoms with Gasteiger partial charge in [-0.25, -0.2) is 9.78 Å². The van der Waals surface area contributed by atoms with Crippen molar-refractivity contribution in [2.45, 2.75) is 25.8 Å². The van der Waals surface area contributed by atoms with Crippen LogP contribution in [0.3, 0.4) is 0 Å². The number of aromatic amines is 1. The number of hydrogen-bond acceptors (Lipinski definition) is 3. The minimum atomic E-state index is -0.572. The number of benzene rings is 1. The van der Waals surface area contributed by atoms with Crippen LogP contribution in [0.2, 0.25) is 5.02 Å². The number of hydrogen-bond donors (Lipinski definition) is 3. The van der Waals surface area contributed by atoms with Crippen LogP contribution in [-0.2, 0) is 0 Å². The van der Waals surface area contributed by atoms with Crippen LogP contribution in [0, 0.1) is 0 Å². The van der Waals surface area contributed by atoms with Crippen molar-refractivity contribution >= 4 is 34.2 Å². The van der Waals surface area contributed by atoms with E-state index in [-0.39, 0.29) is 12.6 Å². The van der Waals surface area contributed by atoms with Crippen molar-refractivity contribution in [3.8, 4) is 5.88 Å². The maximum Gasteiger partial charge on any atom is 0.319 e. The van der Waals surface area contributed by atoms with E-state index in [1.807, 2.05) is 44.3 Å². The summed E-state index contributed by atoms with van der Waals surface area (Å²) in [5, 5.41) is 7.28. The average Bonchev–Trinajstić information content (AvgIpc) is 3.11. The van der Waals surface area contributed by atoms with E-state index in [1.54, 1.807) is 18.3 Å². The van der Waals surface area contributed by atoms with Gasteiger partial charge >= 0.3 is 6.03 Å². The van der Waals surface area contributed by atoms with Crippen LogP contribution in [0.15, 0.2) is 48.8 Å². The number of rotatable bonds is 6. The van der Waals surface area contributed by atoms with Gasteiger partial charge in [-0.1, -0.05) is 24.6 Å². The molecule has 2 amide bonds. The molecule has 2 aromatic heterocycles. The molecule has 3 rings (SSSR count). The van der Waals surface area contributed by atoms with Crippen LogP contribution in [-0.4, -0.2) is 28.1 Å². The summed E-state index contributed by atoms with van der Waals surface area (Å²) in [6.07, 6.45) is 4.13. The summed E-state index contributed by atoms with van der Waals surface area (Å²) < 4.78 is 5.71. The summed E-state index contributed by atoms with van der Waals surface area (Å²) in [7, 11) is 0. The molecule has 3 aromatic rings. The van der Waals surface area contributed by atoms with E-state index in [1.165, 1.54) is 0 Å². The highest BCUT2D eigenvalue weighted by atomic mass is 35.5. The van der Waals surface area contributed by atoms with Crippen molar-refractivity contribution in [3.05, 3.63) is 53.8 Å². The van der Waals surface area contributed by atoms with Gasteiger partial charge < -0.3 is 20.4 Å². The Morgan fingerprint density at radius 1 is 1.31 bits per heavy atom. The normalized spacial score (nSPS) is 13.2. The minimum Gasteiger partial charge on any atom is -0.474 e. The number of nitrogens with one attached hydrogen (secondary N) is 3. The van der Waals surface area contributed by atoms with Crippen LogP contribution >= 0.6 is 11.6 Å². The molecular formula is C19H21ClN4O2. The van der Waals surface area contributed by atoms with Gasteiger partial charge in [-0.05, 0) is 43.7 Å². The summed E-state index contributed by atoms with van der Waals surface area (Å²) >= 11 is 6.06. The molecule has 26 heavy (non-hydrogen) atoms. The molecule has 6 nitrogen and oxygen atoms in total. The molecule has 0 fully saturated rings. The quantitative estimate of drug-likeness (QED) is 0.592. The van der Waals surface area contributed by atoms with Crippen LogP contribution in [0.5, 0.6) is 5.88 Å². The number of nitrogens with zero attached hydrogens (tertiary/aromatic N) is 1. The third-order valence-corrected chi connectivity index (χ3v) is 4.58. The highest BCUT2D eigenvalue weighted by Gasteiger charge is 2.26. The molecular weight excluding hydrogens is 352 g/mol. The first kappa shape index (κ1) is 18.1. The fourth-order valence-corrected chi connectivity index (χ4v) is 2.73. The predicted molar refractivity (Wildman–Crippen MR) is 104 cm³/mol. The van der Waals surface area contributed by atoms with Gasteiger partial charge in [0.1, 0.15) is 11.6 Å². The van der Waals surface area contributed by atoms with Gasteiger partial charge in [0.2, 0.25) is 5.88 Å². The molecule has 1 aromatic carbocycles. The Morgan fingerprint density at radius 2 is 2.15 bits per heavy atom. The summed E-state index contributed by atoms with van der Waals surface area (Å²) in [4.78, 5) is 19.7. The highest BCUT2D eigenvalue weighted by Crippen LogP contribution is 2.23. The van der Waals surface area contributed by atoms with Crippen molar-refractivity contribution in [2.24, 2.45) is 0 Å². The number of carbonyl (C=O) groups excluding carboxylic acids is 1. The van der Waals surface area contributed by atoms with Gasteiger partial charge in [0.25, 0.3) is 0 Å². The Kier molecular flexibility index (Phi) is 5.32. The molecule has 0 aliphatic rings. The second-order valence-electron chi connectivity index (χ2n) is 6.32. The van der Waals surface area contributed by atoms with E-state index < -0.39 is 5.54 Å². The first-order chi connectivity index (χ1) is 12.5. The molecule has 0 unspecified atom stereocenters. The topological polar surface area (TPSA) is 79.0 Å². The lowest BCUT2D eigenvalue weighted by Gasteiger charge is -2.29. The van der Waals surface area contributed by atoms with Gasteiger partial charge in [0.05, 0.1) is 11.2 Å². The van der Waals surface area contributed by atoms with Crippen LogP contribution in [0.1, 0.15) is 20.3 Å². The molecule has 136 valence electrons. The first-order valence-electron chi connectivity index (χ1n) is 8.39. The molecule has 3 N–H and O–H groups in total. The zero-order valence-corrected chi connectivity index (χ0v) is 15.4. The van der Waals surface area contributed by atoms with Gasteiger partial charge in [0.15, 0.2) is 0 Å². The van der Waals surface area contributed by atoms with Gasteiger partial charge in [-0.2, -0.15) is 0 Å². The third kappa shape index (κ3) is 4.08. The van der Waals surface area contributed by atoms with Crippen LogP contribution < -0.4 is 15.4 Å². The van der Waals surface area contributed by atoms with Crippen molar-refractivity contribution < 1.29 is 9.53 Å². The van der Waals surface area contributed by atoms with Crippen molar-refractivity contribution in [1.82, 2.24) is 15.3 Å². The Balaban J connectivity index is 1.65. The van der Waals surface area contributed by atoms with Crippen LogP contribution in [0.4, 0.5) is 10.5 Å². The van der Waals surface area contributed by atoms with Gasteiger partial charge in [0, 0.05) is 23.3 Å². The molecule has 7 heteroatoms. The summed E-state index contributed by atoms with van der Waals surface area (Å²) in [5.74, 6) is 0.355. The number of aromatic nitrogens is 2. The van der Waals surface area contributed by atoms with Crippen LogP contribution in [0.25, 0.3) is 10.9 Å². The number of ether oxygens (including phenoxy) is 1. The number of anilines is 1. The monoisotopic (exact) mass is 372 g/mol. The lowest BCUT2D eigenvalue weighted by Crippen LogP contribution is -2.51. The SMILES string of the molecule is CC[C@](C)(COc1ncccc1Cl)NC(=O)Nc1cccc2[nH]ccc12. The van der Waals surface area contributed by atoms with Gasteiger partial charge in [-0.3, -0.25) is 0 Å². The second kappa shape index (κ2) is 7.66. The van der Waals surface area contributed by atoms with Crippen molar-refractivity contribution in [2.75, 3.05) is 11.9 Å². The summed E-state index contributed by atoms with van der Waals surface area (Å²) in [6.45, 7) is 4.15. The molecule has 0 radical (unpaired) electrons. The van der Waals surface area contributed by atoms with Crippen molar-refractivity contribution in [3.63, 3.8) is 0 Å². The average molecular weight is 373 g/mol. The van der Waals surface area contributed by atoms with E-state index in [9.17, 15) is 4.79 Å². The maximum absolute atomic E-state index is 12.5. The molecule has 0 aliphatic carbocycles. The molecule has 0 spiro atoms. The smallest absolute Gasteiger partial charge is 0.319 e. The molecule has 1 atom stereocenters. The number of urea groups is 1. The number of amides is 2. The zero-order valence-electron chi connectivity index (χ0n) is 14.7. The third-order valence-electron chi connectivity index (χ3n) is 4.29. The second-order valence-corrected chi connectivity index (χ2v) is 6.72. The Hall–Kier alpha value is -2.73. The molecule has 0 saturated carbocycles. The Morgan fingerprint density at radius 3 is 2.92 bits per heavy atom. The fourth-order valence-electron chi connectivity index (χ4n) is 2.55. The number of fused-ring (bicyclic) bond motifs is 1. The molecule has 0 aliphatic heterocycles. The predicted octanol–water partition coefficient (Wildman–Crippen LogP) is 4.59. The van der Waals surface area contributed by atoms with Gasteiger partial charge in [-0.15, -0.1) is 0 Å². The number of pyridine rings is 1. The molecule has 0 bridgehead atoms. The number of H-pyrrole nitrogens is 1. The van der Waals surface area contributed by atoms with E-state index in [2.05, 4.69) is 20.6 Å². The minimum absolute atomic E-state index is 0.252.